The average molecular weight is 297 g/mol. The summed E-state index contributed by atoms with van der Waals surface area (Å²) >= 11 is 1.55. The summed E-state index contributed by atoms with van der Waals surface area (Å²) in [6.45, 7) is 1.72. The minimum atomic E-state index is -1.10. The lowest BCUT2D eigenvalue weighted by atomic mass is 10.2. The molecular formula is C13H15NO3S2. The number of aromatic nitrogens is 1. The number of nitrogens with zero attached hydrogens (tertiary/aromatic N) is 1. The zero-order valence-electron chi connectivity index (χ0n) is 10.8. The third-order valence-corrected chi connectivity index (χ3v) is 5.35. The summed E-state index contributed by atoms with van der Waals surface area (Å²) in [6, 6.07) is 7.83. The molecular weight excluding hydrogens is 282 g/mol. The zero-order valence-corrected chi connectivity index (χ0v) is 12.4. The number of hydrogen-bond acceptors (Lipinski definition) is 5. The van der Waals surface area contributed by atoms with Gasteiger partial charge in [0.05, 0.1) is 29.0 Å². The lowest BCUT2D eigenvalue weighted by Gasteiger charge is -2.07. The minimum Gasteiger partial charge on any atom is -0.469 e. The van der Waals surface area contributed by atoms with Crippen LogP contribution in [-0.4, -0.2) is 28.0 Å². The van der Waals surface area contributed by atoms with E-state index in [9.17, 15) is 9.00 Å². The van der Waals surface area contributed by atoms with E-state index in [1.54, 1.807) is 18.3 Å². The molecule has 0 amide bonds. The minimum absolute atomic E-state index is 0.308. The maximum atomic E-state index is 12.0. The molecule has 0 spiro atoms. The van der Waals surface area contributed by atoms with E-state index in [-0.39, 0.29) is 11.9 Å². The number of rotatable bonds is 5. The maximum absolute atomic E-state index is 12.0. The summed E-state index contributed by atoms with van der Waals surface area (Å²) in [5.74, 6) is 0.0291. The molecule has 0 aliphatic carbocycles. The van der Waals surface area contributed by atoms with Gasteiger partial charge in [-0.1, -0.05) is 19.1 Å². The van der Waals surface area contributed by atoms with E-state index in [0.717, 1.165) is 15.2 Å². The summed E-state index contributed by atoms with van der Waals surface area (Å²) in [6.07, 6.45) is 0. The van der Waals surface area contributed by atoms with Gasteiger partial charge >= 0.3 is 5.97 Å². The number of fused-ring (bicyclic) bond motifs is 1. The first kappa shape index (κ1) is 14.1. The van der Waals surface area contributed by atoms with E-state index in [1.165, 1.54) is 7.11 Å². The molecule has 19 heavy (non-hydrogen) atoms. The van der Waals surface area contributed by atoms with E-state index in [4.69, 9.17) is 0 Å². The summed E-state index contributed by atoms with van der Waals surface area (Å²) in [4.78, 5) is 15.7. The van der Waals surface area contributed by atoms with E-state index in [0.29, 0.717) is 11.5 Å². The molecule has 0 radical (unpaired) electrons. The Morgan fingerprint density at radius 3 is 2.89 bits per heavy atom. The van der Waals surface area contributed by atoms with Crippen molar-refractivity contribution in [3.63, 3.8) is 0 Å². The molecule has 102 valence electrons. The van der Waals surface area contributed by atoms with Gasteiger partial charge in [-0.15, -0.1) is 11.3 Å². The highest BCUT2D eigenvalue weighted by atomic mass is 32.2. The van der Waals surface area contributed by atoms with Crippen molar-refractivity contribution in [2.45, 2.75) is 12.7 Å². The molecule has 1 heterocycles. The Balaban J connectivity index is 2.00. The summed E-state index contributed by atoms with van der Waals surface area (Å²) in [5.41, 5.74) is 0.931. The Kier molecular flexibility index (Phi) is 4.66. The zero-order chi connectivity index (χ0) is 13.8. The van der Waals surface area contributed by atoms with Crippen LogP contribution in [0.4, 0.5) is 0 Å². The number of thiazole rings is 1. The molecule has 2 rings (SSSR count). The first-order chi connectivity index (χ1) is 9.10. The molecule has 0 fully saturated rings. The Morgan fingerprint density at radius 1 is 1.47 bits per heavy atom. The van der Waals surface area contributed by atoms with Gasteiger partial charge in [-0.2, -0.15) is 0 Å². The Morgan fingerprint density at radius 2 is 2.21 bits per heavy atom. The first-order valence-electron chi connectivity index (χ1n) is 5.87. The molecule has 0 saturated heterocycles. The van der Waals surface area contributed by atoms with E-state index >= 15 is 0 Å². The quantitative estimate of drug-likeness (QED) is 0.795. The fourth-order valence-electron chi connectivity index (χ4n) is 1.73. The number of methoxy groups -OCH3 is 1. The number of carbonyl (C=O) groups is 1. The van der Waals surface area contributed by atoms with Crippen molar-refractivity contribution in [3.05, 3.63) is 29.3 Å². The second kappa shape index (κ2) is 6.25. The molecule has 1 aromatic carbocycles. The topological polar surface area (TPSA) is 56.3 Å². The number of carbonyl (C=O) groups excluding carboxylic acids is 1. The van der Waals surface area contributed by atoms with Crippen LogP contribution in [0.3, 0.4) is 0 Å². The van der Waals surface area contributed by atoms with Crippen LogP contribution in [0.25, 0.3) is 10.2 Å². The molecule has 1 aromatic heterocycles. The van der Waals surface area contributed by atoms with Gasteiger partial charge in [-0.05, 0) is 12.1 Å². The molecule has 0 saturated carbocycles. The molecule has 0 aliphatic rings. The van der Waals surface area contributed by atoms with Crippen LogP contribution in [-0.2, 0) is 26.1 Å². The molecule has 4 nitrogen and oxygen atoms in total. The number of hydrogen-bond donors (Lipinski definition) is 0. The number of ether oxygens (including phenoxy) is 1. The molecule has 0 aliphatic heterocycles. The monoisotopic (exact) mass is 297 g/mol. The lowest BCUT2D eigenvalue weighted by molar-refractivity contribution is -0.144. The van der Waals surface area contributed by atoms with E-state index in [2.05, 4.69) is 9.72 Å². The number of para-hydroxylation sites is 1. The predicted molar refractivity (Wildman–Crippen MR) is 77.5 cm³/mol. The van der Waals surface area contributed by atoms with Crippen molar-refractivity contribution in [1.29, 1.82) is 0 Å². The van der Waals surface area contributed by atoms with Crippen LogP contribution >= 0.6 is 11.3 Å². The third-order valence-electron chi connectivity index (χ3n) is 2.66. The van der Waals surface area contributed by atoms with E-state index in [1.807, 2.05) is 24.3 Å². The summed E-state index contributed by atoms with van der Waals surface area (Å²) in [7, 11) is 0.240. The lowest BCUT2D eigenvalue weighted by Crippen LogP contribution is -2.20. The normalized spacial score (nSPS) is 14.2. The smallest absolute Gasteiger partial charge is 0.309 e. The van der Waals surface area contributed by atoms with Crippen molar-refractivity contribution in [2.75, 3.05) is 12.9 Å². The highest BCUT2D eigenvalue weighted by molar-refractivity contribution is 7.84. The average Bonchev–Trinajstić information content (AvgIpc) is 2.79. The van der Waals surface area contributed by atoms with Crippen LogP contribution in [0.2, 0.25) is 0 Å². The molecule has 2 aromatic rings. The van der Waals surface area contributed by atoms with Gasteiger partial charge in [0, 0.05) is 16.6 Å². The standard InChI is InChI=1S/C13H15NO3S2/c1-9(13(15)17-2)7-19(16)8-12-14-10-5-3-4-6-11(10)18-12/h3-6,9H,7-8H2,1-2H3. The van der Waals surface area contributed by atoms with Gasteiger partial charge in [0.2, 0.25) is 0 Å². The van der Waals surface area contributed by atoms with Crippen LogP contribution in [0, 0.1) is 5.92 Å². The molecule has 0 N–H and O–H groups in total. The molecule has 2 atom stereocenters. The largest absolute Gasteiger partial charge is 0.469 e. The third kappa shape index (κ3) is 3.61. The van der Waals surface area contributed by atoms with Crippen molar-refractivity contribution in [2.24, 2.45) is 5.92 Å². The number of benzene rings is 1. The molecule has 6 heteroatoms. The Labute approximate surface area is 118 Å². The Hall–Kier alpha value is -1.27. The van der Waals surface area contributed by atoms with Crippen LogP contribution in [0.5, 0.6) is 0 Å². The van der Waals surface area contributed by atoms with Crippen LogP contribution in [0.15, 0.2) is 24.3 Å². The fraction of sp³-hybridized carbons (Fsp3) is 0.385. The van der Waals surface area contributed by atoms with Gasteiger partial charge in [0.15, 0.2) is 0 Å². The highest BCUT2D eigenvalue weighted by Crippen LogP contribution is 2.22. The van der Waals surface area contributed by atoms with Crippen molar-refractivity contribution < 1.29 is 13.7 Å². The van der Waals surface area contributed by atoms with Gasteiger partial charge in [-0.3, -0.25) is 9.00 Å². The van der Waals surface area contributed by atoms with E-state index < -0.39 is 10.8 Å². The molecule has 2 unspecified atom stereocenters. The van der Waals surface area contributed by atoms with Gasteiger partial charge in [-0.25, -0.2) is 4.98 Å². The summed E-state index contributed by atoms with van der Waals surface area (Å²) < 4.78 is 17.7. The van der Waals surface area contributed by atoms with Gasteiger partial charge in [0.25, 0.3) is 0 Å². The second-order valence-electron chi connectivity index (χ2n) is 4.25. The van der Waals surface area contributed by atoms with Crippen LogP contribution in [0.1, 0.15) is 11.9 Å². The first-order valence-corrected chi connectivity index (χ1v) is 8.18. The van der Waals surface area contributed by atoms with Crippen molar-refractivity contribution in [3.8, 4) is 0 Å². The van der Waals surface area contributed by atoms with Gasteiger partial charge < -0.3 is 4.74 Å². The Bertz CT molecular complexity index is 576. The predicted octanol–water partition coefficient (Wildman–Crippen LogP) is 2.35. The fourth-order valence-corrected chi connectivity index (χ4v) is 4.27. The van der Waals surface area contributed by atoms with Crippen LogP contribution < -0.4 is 0 Å². The maximum Gasteiger partial charge on any atom is 0.309 e. The van der Waals surface area contributed by atoms with Crippen molar-refractivity contribution >= 4 is 38.3 Å². The van der Waals surface area contributed by atoms with Crippen molar-refractivity contribution in [1.82, 2.24) is 4.98 Å². The SMILES string of the molecule is COC(=O)C(C)CS(=O)Cc1nc2ccccc2s1. The summed E-state index contributed by atoms with van der Waals surface area (Å²) in [5, 5.41) is 0.844. The highest BCUT2D eigenvalue weighted by Gasteiger charge is 2.17. The van der Waals surface area contributed by atoms with Gasteiger partial charge in [0.1, 0.15) is 5.01 Å². The number of esters is 1. The molecule has 0 bridgehead atoms. The second-order valence-corrected chi connectivity index (χ2v) is 6.87.